The average Bonchev–Trinajstić information content (AvgIpc) is 2.73. The highest BCUT2D eigenvalue weighted by Crippen LogP contribution is 2.24. The van der Waals surface area contributed by atoms with E-state index in [1.807, 2.05) is 12.3 Å². The second-order valence-corrected chi connectivity index (χ2v) is 7.77. The third-order valence-corrected chi connectivity index (χ3v) is 4.82. The lowest BCUT2D eigenvalue weighted by molar-refractivity contribution is -0.0280. The molecule has 0 aromatic carbocycles. The monoisotopic (exact) mass is 290 g/mol. The molecule has 2 rings (SSSR count). The van der Waals surface area contributed by atoms with Gasteiger partial charge in [0, 0.05) is 37.0 Å². The largest absolute Gasteiger partial charge is 0.368 e. The van der Waals surface area contributed by atoms with Crippen molar-refractivity contribution in [3.05, 3.63) is 16.1 Å². The Labute approximate surface area is 112 Å². The molecule has 1 unspecified atom stereocenters. The number of morpholine rings is 1. The van der Waals surface area contributed by atoms with E-state index in [9.17, 15) is 8.42 Å². The summed E-state index contributed by atoms with van der Waals surface area (Å²) in [6, 6.07) is 0. The van der Waals surface area contributed by atoms with Crippen molar-refractivity contribution in [1.82, 2.24) is 9.88 Å². The summed E-state index contributed by atoms with van der Waals surface area (Å²) in [5.41, 5.74) is 1.01. The molecule has 0 N–H and O–H groups in total. The first-order valence-electron chi connectivity index (χ1n) is 5.88. The summed E-state index contributed by atoms with van der Waals surface area (Å²) in [5.74, 6) is 0.205. The van der Waals surface area contributed by atoms with Gasteiger partial charge in [0.25, 0.3) is 0 Å². The van der Waals surface area contributed by atoms with E-state index in [1.165, 1.54) is 6.26 Å². The fourth-order valence-electron chi connectivity index (χ4n) is 1.87. The van der Waals surface area contributed by atoms with Crippen LogP contribution in [0.15, 0.2) is 5.38 Å². The molecule has 18 heavy (non-hydrogen) atoms. The molecule has 2 heterocycles. The molecule has 1 fully saturated rings. The van der Waals surface area contributed by atoms with Gasteiger partial charge >= 0.3 is 0 Å². The third-order valence-electron chi connectivity index (χ3n) is 2.84. The smallest absolute Gasteiger partial charge is 0.148 e. The van der Waals surface area contributed by atoms with E-state index in [4.69, 9.17) is 4.74 Å². The summed E-state index contributed by atoms with van der Waals surface area (Å²) in [7, 11) is -2.90. The number of ether oxygens (including phenoxy) is 1. The average molecular weight is 290 g/mol. The Morgan fingerprint density at radius 3 is 3.00 bits per heavy atom. The Morgan fingerprint density at radius 2 is 2.39 bits per heavy atom. The van der Waals surface area contributed by atoms with Crippen molar-refractivity contribution in [2.24, 2.45) is 0 Å². The lowest BCUT2D eigenvalue weighted by Crippen LogP contribution is -2.40. The van der Waals surface area contributed by atoms with Crippen LogP contribution in [0.5, 0.6) is 0 Å². The summed E-state index contributed by atoms with van der Waals surface area (Å²) in [6.45, 7) is 4.68. The molecule has 1 saturated heterocycles. The topological polar surface area (TPSA) is 59.5 Å². The first-order valence-corrected chi connectivity index (χ1v) is 8.82. The number of sulfone groups is 1. The van der Waals surface area contributed by atoms with E-state index in [1.54, 1.807) is 11.3 Å². The van der Waals surface area contributed by atoms with Gasteiger partial charge in [-0.05, 0) is 6.92 Å². The lowest BCUT2D eigenvalue weighted by atomic mass is 10.3. The lowest BCUT2D eigenvalue weighted by Gasteiger charge is -2.31. The van der Waals surface area contributed by atoms with Gasteiger partial charge < -0.3 is 4.74 Å². The van der Waals surface area contributed by atoms with E-state index in [2.05, 4.69) is 9.88 Å². The Balaban J connectivity index is 1.92. The third kappa shape index (κ3) is 4.01. The van der Waals surface area contributed by atoms with E-state index in [0.29, 0.717) is 13.2 Å². The molecular formula is C11H18N2O3S2. The number of thiazole rings is 1. The van der Waals surface area contributed by atoms with Crippen LogP contribution in [0.4, 0.5) is 0 Å². The molecule has 5 nitrogen and oxygen atoms in total. The first kappa shape index (κ1) is 13.9. The standard InChI is InChI=1S/C11H18N2O3S2/c1-9-8-17-11(12-9)10-7-13(3-5-16-10)4-6-18(2,14)15/h8,10H,3-7H2,1-2H3. The Hall–Kier alpha value is -0.500. The molecule has 1 aliphatic rings. The summed E-state index contributed by atoms with van der Waals surface area (Å²) in [4.78, 5) is 6.56. The van der Waals surface area contributed by atoms with Crippen LogP contribution in [0, 0.1) is 6.92 Å². The van der Waals surface area contributed by atoms with Gasteiger partial charge in [-0.1, -0.05) is 0 Å². The summed E-state index contributed by atoms with van der Waals surface area (Å²) >= 11 is 1.60. The number of hydrogen-bond donors (Lipinski definition) is 0. The van der Waals surface area contributed by atoms with Gasteiger partial charge in [0.05, 0.1) is 12.4 Å². The molecule has 1 aliphatic heterocycles. The van der Waals surface area contributed by atoms with Crippen molar-refractivity contribution >= 4 is 21.2 Å². The molecular weight excluding hydrogens is 272 g/mol. The number of aryl methyl sites for hydroxylation is 1. The van der Waals surface area contributed by atoms with Gasteiger partial charge in [0.1, 0.15) is 20.9 Å². The summed E-state index contributed by atoms with van der Waals surface area (Å²) in [6.07, 6.45) is 1.26. The minimum absolute atomic E-state index is 0.0167. The summed E-state index contributed by atoms with van der Waals surface area (Å²) in [5, 5.41) is 2.99. The van der Waals surface area contributed by atoms with E-state index >= 15 is 0 Å². The Bertz CT molecular complexity index is 498. The molecule has 1 aromatic rings. The maximum Gasteiger partial charge on any atom is 0.148 e. The highest BCUT2D eigenvalue weighted by molar-refractivity contribution is 7.90. The SMILES string of the molecule is Cc1csc(C2CN(CCS(C)(=O)=O)CCO2)n1. The fourth-order valence-corrected chi connectivity index (χ4v) is 3.29. The Kier molecular flexibility index (Phi) is 4.37. The van der Waals surface area contributed by atoms with Crippen molar-refractivity contribution in [2.75, 3.05) is 38.2 Å². The van der Waals surface area contributed by atoms with Crippen molar-refractivity contribution in [2.45, 2.75) is 13.0 Å². The van der Waals surface area contributed by atoms with Crippen LogP contribution < -0.4 is 0 Å². The van der Waals surface area contributed by atoms with Crippen LogP contribution in [-0.4, -0.2) is 56.6 Å². The Morgan fingerprint density at radius 1 is 1.61 bits per heavy atom. The highest BCUT2D eigenvalue weighted by atomic mass is 32.2. The van der Waals surface area contributed by atoms with Crippen LogP contribution in [0.1, 0.15) is 16.8 Å². The molecule has 0 spiro atoms. The van der Waals surface area contributed by atoms with E-state index in [0.717, 1.165) is 23.8 Å². The van der Waals surface area contributed by atoms with Crippen molar-refractivity contribution in [3.63, 3.8) is 0 Å². The number of nitrogens with zero attached hydrogens (tertiary/aromatic N) is 2. The van der Waals surface area contributed by atoms with Gasteiger partial charge in [-0.3, -0.25) is 4.90 Å². The summed E-state index contributed by atoms with van der Waals surface area (Å²) < 4.78 is 28.0. The molecule has 0 aliphatic carbocycles. The molecule has 0 saturated carbocycles. The zero-order valence-electron chi connectivity index (χ0n) is 10.6. The molecule has 0 amide bonds. The van der Waals surface area contributed by atoms with Crippen LogP contribution in [0.2, 0.25) is 0 Å². The molecule has 7 heteroatoms. The van der Waals surface area contributed by atoms with E-state index in [-0.39, 0.29) is 11.9 Å². The van der Waals surface area contributed by atoms with Crippen LogP contribution in [0.25, 0.3) is 0 Å². The zero-order valence-corrected chi connectivity index (χ0v) is 12.3. The van der Waals surface area contributed by atoms with Gasteiger partial charge in [-0.15, -0.1) is 11.3 Å². The molecule has 102 valence electrons. The molecule has 1 atom stereocenters. The number of rotatable bonds is 4. The zero-order chi connectivity index (χ0) is 13.2. The fraction of sp³-hybridized carbons (Fsp3) is 0.727. The normalized spacial score (nSPS) is 22.2. The minimum Gasteiger partial charge on any atom is -0.368 e. The van der Waals surface area contributed by atoms with Crippen molar-refractivity contribution in [3.8, 4) is 0 Å². The van der Waals surface area contributed by atoms with Gasteiger partial charge in [-0.2, -0.15) is 0 Å². The molecule has 0 bridgehead atoms. The second kappa shape index (κ2) is 5.64. The number of aromatic nitrogens is 1. The molecule has 1 aromatic heterocycles. The van der Waals surface area contributed by atoms with Gasteiger partial charge in [0.15, 0.2) is 0 Å². The van der Waals surface area contributed by atoms with Gasteiger partial charge in [-0.25, -0.2) is 13.4 Å². The molecule has 0 radical (unpaired) electrons. The van der Waals surface area contributed by atoms with Crippen LogP contribution in [0.3, 0.4) is 0 Å². The maximum absolute atomic E-state index is 11.2. The van der Waals surface area contributed by atoms with Gasteiger partial charge in [0.2, 0.25) is 0 Å². The maximum atomic E-state index is 11.2. The quantitative estimate of drug-likeness (QED) is 0.823. The van der Waals surface area contributed by atoms with Crippen molar-refractivity contribution in [1.29, 1.82) is 0 Å². The second-order valence-electron chi connectivity index (χ2n) is 4.62. The predicted molar refractivity (Wildman–Crippen MR) is 71.7 cm³/mol. The van der Waals surface area contributed by atoms with Crippen LogP contribution >= 0.6 is 11.3 Å². The predicted octanol–water partition coefficient (Wildman–Crippen LogP) is 0.869. The van der Waals surface area contributed by atoms with E-state index < -0.39 is 9.84 Å². The first-order chi connectivity index (χ1) is 8.44. The van der Waals surface area contributed by atoms with Crippen molar-refractivity contribution < 1.29 is 13.2 Å². The minimum atomic E-state index is -2.90. The van der Waals surface area contributed by atoms with Crippen LogP contribution in [-0.2, 0) is 14.6 Å². The number of hydrogen-bond acceptors (Lipinski definition) is 6. The highest BCUT2D eigenvalue weighted by Gasteiger charge is 2.24.